The van der Waals surface area contributed by atoms with Crippen LogP contribution in [0.3, 0.4) is 0 Å². The second-order valence-electron chi connectivity index (χ2n) is 4.26. The van der Waals surface area contributed by atoms with E-state index in [2.05, 4.69) is 0 Å². The number of aryl methyl sites for hydroxylation is 1. The van der Waals surface area contributed by atoms with Crippen molar-refractivity contribution in [1.29, 1.82) is 0 Å². The van der Waals surface area contributed by atoms with Crippen LogP contribution in [0.25, 0.3) is 0 Å². The van der Waals surface area contributed by atoms with Gasteiger partial charge in [0, 0.05) is 35.4 Å². The van der Waals surface area contributed by atoms with E-state index < -0.39 is 15.2 Å². The second-order valence-corrected chi connectivity index (χ2v) is 5.02. The van der Waals surface area contributed by atoms with Crippen molar-refractivity contribution in [3.8, 4) is 0 Å². The van der Waals surface area contributed by atoms with Crippen molar-refractivity contribution in [2.75, 3.05) is 0 Å². The van der Waals surface area contributed by atoms with E-state index in [4.69, 9.17) is 18.6 Å². The number of hydrogen-bond acceptors (Lipinski definition) is 7. The summed E-state index contributed by atoms with van der Waals surface area (Å²) in [6.45, 7) is 0. The van der Waals surface area contributed by atoms with E-state index in [0.717, 1.165) is 0 Å². The van der Waals surface area contributed by atoms with E-state index in [9.17, 15) is 14.9 Å². The lowest BCUT2D eigenvalue weighted by Crippen LogP contribution is -2.68. The van der Waals surface area contributed by atoms with E-state index in [-0.39, 0.29) is 11.5 Å². The van der Waals surface area contributed by atoms with Gasteiger partial charge in [-0.15, -0.1) is 10.2 Å². The van der Waals surface area contributed by atoms with Gasteiger partial charge >= 0.3 is 0 Å². The summed E-state index contributed by atoms with van der Waals surface area (Å²) < 4.78 is 35.8. The first kappa shape index (κ1) is 18.6. The lowest BCUT2D eigenvalue weighted by Gasteiger charge is -2.17. The number of carbonyl (C=O) groups is 1. The fourth-order valence-corrected chi connectivity index (χ4v) is 1.55. The number of aromatic nitrogens is 1. The number of nitro benzene ring substituents is 1. The number of benzene rings is 1. The zero-order chi connectivity index (χ0) is 17.6. The van der Waals surface area contributed by atoms with Crippen molar-refractivity contribution in [3.63, 3.8) is 0 Å². The van der Waals surface area contributed by atoms with Crippen molar-refractivity contribution < 1.29 is 43.2 Å². The lowest BCUT2D eigenvalue weighted by atomic mass is 10.0. The third kappa shape index (κ3) is 6.91. The number of hydrogen-bond donors (Lipinski definition) is 0. The van der Waals surface area contributed by atoms with Crippen LogP contribution in [0.4, 0.5) is 5.69 Å². The van der Waals surface area contributed by atoms with Crippen LogP contribution in [0.15, 0.2) is 48.8 Å². The highest BCUT2D eigenvalue weighted by molar-refractivity contribution is 6.08. The summed E-state index contributed by atoms with van der Waals surface area (Å²) in [7, 11) is -3.08. The summed E-state index contributed by atoms with van der Waals surface area (Å²) in [6.07, 6.45) is 3.55. The number of rotatable bonds is 3. The van der Waals surface area contributed by atoms with Gasteiger partial charge in [0.2, 0.25) is 0 Å². The Kier molecular flexibility index (Phi) is 6.25. The van der Waals surface area contributed by atoms with E-state index in [1.165, 1.54) is 24.3 Å². The molecule has 9 nitrogen and oxygen atoms in total. The Labute approximate surface area is 132 Å². The zero-order valence-corrected chi connectivity index (χ0v) is 12.5. The third-order valence-electron chi connectivity index (χ3n) is 2.58. The number of non-ortho nitro benzene ring substituents is 1. The van der Waals surface area contributed by atoms with Gasteiger partial charge in [0.15, 0.2) is 18.2 Å². The van der Waals surface area contributed by atoms with Crippen molar-refractivity contribution in [2.45, 2.75) is 0 Å². The Balaban J connectivity index is 0.000000463. The first-order valence-corrected chi connectivity index (χ1v) is 7.17. The van der Waals surface area contributed by atoms with Gasteiger partial charge in [-0.25, -0.2) is 23.2 Å². The molecule has 1 heterocycles. The SMILES string of the molecule is C[n+]1ccc(C(=O)c2ccc([N+](=O)[O-])cc2)cc1.[O-][Cl+3]([O-])([O-])[O-]. The lowest BCUT2D eigenvalue weighted by molar-refractivity contribution is -2.00. The van der Waals surface area contributed by atoms with Gasteiger partial charge in [-0.3, -0.25) is 14.9 Å². The Hall–Kier alpha value is -2.43. The van der Waals surface area contributed by atoms with Crippen molar-refractivity contribution >= 4 is 11.5 Å². The number of carbonyl (C=O) groups excluding carboxylic acids is 1. The molecule has 0 N–H and O–H groups in total. The normalized spacial score (nSPS) is 10.5. The monoisotopic (exact) mass is 342 g/mol. The van der Waals surface area contributed by atoms with E-state index >= 15 is 0 Å². The summed E-state index contributed by atoms with van der Waals surface area (Å²) in [5.41, 5.74) is 0.974. The summed E-state index contributed by atoms with van der Waals surface area (Å²) in [6, 6.07) is 9.01. The van der Waals surface area contributed by atoms with Gasteiger partial charge in [-0.1, -0.05) is 0 Å². The van der Waals surface area contributed by atoms with Gasteiger partial charge in [0.1, 0.15) is 7.05 Å². The second kappa shape index (κ2) is 7.72. The molecule has 0 aliphatic carbocycles. The smallest absolute Gasteiger partial charge is 0.269 e. The average molecular weight is 343 g/mol. The summed E-state index contributed by atoms with van der Waals surface area (Å²) >= 11 is 0. The average Bonchev–Trinajstić information content (AvgIpc) is 2.46. The van der Waals surface area contributed by atoms with Crippen LogP contribution in [0, 0.1) is 20.4 Å². The fraction of sp³-hybridized carbons (Fsp3) is 0.0769. The highest BCUT2D eigenvalue weighted by atomic mass is 35.7. The number of nitro groups is 1. The van der Waals surface area contributed by atoms with Crippen LogP contribution in [0.2, 0.25) is 0 Å². The number of nitrogens with zero attached hydrogens (tertiary/aromatic N) is 2. The van der Waals surface area contributed by atoms with Gasteiger partial charge < -0.3 is 0 Å². The molecule has 0 aliphatic rings. The standard InChI is InChI=1S/C13H11N2O3.ClHO4/c1-14-8-6-11(7-9-14)13(16)10-2-4-12(5-3-10)15(17)18;2-1(3,4)5/h2-9H,1H3;(H,2,3,4,5)/q+1;/p-1. The molecule has 0 bridgehead atoms. The molecule has 0 saturated carbocycles. The Morgan fingerprint density at radius 2 is 1.35 bits per heavy atom. The molecular formula is C13H11ClN2O7. The van der Waals surface area contributed by atoms with E-state index in [1.807, 2.05) is 11.6 Å². The van der Waals surface area contributed by atoms with Gasteiger partial charge in [0.05, 0.1) is 4.92 Å². The first-order valence-electron chi connectivity index (χ1n) is 5.94. The first-order chi connectivity index (χ1) is 10.6. The maximum absolute atomic E-state index is 12.1. The quantitative estimate of drug-likeness (QED) is 0.247. The summed E-state index contributed by atoms with van der Waals surface area (Å²) in [5, 5.41) is 10.5. The molecule has 0 atom stereocenters. The maximum Gasteiger partial charge on any atom is 0.269 e. The molecule has 0 spiro atoms. The molecule has 0 unspecified atom stereocenters. The molecule has 23 heavy (non-hydrogen) atoms. The zero-order valence-electron chi connectivity index (χ0n) is 11.7. The fourth-order valence-electron chi connectivity index (χ4n) is 1.55. The Bertz CT molecular complexity index is 675. The van der Waals surface area contributed by atoms with Crippen molar-refractivity contribution in [2.24, 2.45) is 7.05 Å². The molecule has 0 radical (unpaired) electrons. The number of halogens is 1. The van der Waals surface area contributed by atoms with Gasteiger partial charge in [-0.05, 0) is 12.1 Å². The minimum Gasteiger partial charge on any atom is -0.289 e. The minimum absolute atomic E-state index is 0.0222. The van der Waals surface area contributed by atoms with E-state index in [0.29, 0.717) is 11.1 Å². The van der Waals surface area contributed by atoms with Crippen LogP contribution in [0.1, 0.15) is 15.9 Å². The molecular weight excluding hydrogens is 332 g/mol. The largest absolute Gasteiger partial charge is 0.289 e. The molecule has 0 amide bonds. The number of ketones is 1. The molecule has 10 heteroatoms. The molecule has 122 valence electrons. The third-order valence-corrected chi connectivity index (χ3v) is 2.58. The van der Waals surface area contributed by atoms with E-state index in [1.54, 1.807) is 24.5 Å². The molecule has 0 saturated heterocycles. The van der Waals surface area contributed by atoms with Crippen molar-refractivity contribution in [1.82, 2.24) is 0 Å². The Morgan fingerprint density at radius 1 is 0.957 bits per heavy atom. The Morgan fingerprint density at radius 3 is 1.74 bits per heavy atom. The van der Waals surface area contributed by atoms with Crippen LogP contribution < -0.4 is 23.2 Å². The van der Waals surface area contributed by atoms with Crippen LogP contribution in [-0.4, -0.2) is 10.7 Å². The van der Waals surface area contributed by atoms with Gasteiger partial charge in [-0.2, -0.15) is 0 Å². The summed E-state index contributed by atoms with van der Waals surface area (Å²) in [4.78, 5) is 22.1. The predicted molar refractivity (Wildman–Crippen MR) is 64.1 cm³/mol. The molecule has 0 fully saturated rings. The van der Waals surface area contributed by atoms with Crippen LogP contribution >= 0.6 is 0 Å². The highest BCUT2D eigenvalue weighted by Gasteiger charge is 2.12. The predicted octanol–water partition coefficient (Wildman–Crippen LogP) is -3.11. The molecule has 1 aromatic carbocycles. The topological polar surface area (TPSA) is 156 Å². The number of pyridine rings is 1. The molecule has 2 aromatic rings. The van der Waals surface area contributed by atoms with Crippen LogP contribution in [0.5, 0.6) is 0 Å². The molecule has 1 aromatic heterocycles. The van der Waals surface area contributed by atoms with Crippen LogP contribution in [-0.2, 0) is 7.05 Å². The minimum atomic E-state index is -4.94. The molecule has 2 rings (SSSR count). The van der Waals surface area contributed by atoms with Gasteiger partial charge in [0.25, 0.3) is 5.69 Å². The maximum atomic E-state index is 12.1. The molecule has 0 aliphatic heterocycles. The van der Waals surface area contributed by atoms with Crippen molar-refractivity contribution in [3.05, 3.63) is 70.0 Å². The summed E-state index contributed by atoms with van der Waals surface area (Å²) in [5.74, 6) is -0.148. The highest BCUT2D eigenvalue weighted by Crippen LogP contribution is 2.14.